The largest absolute Gasteiger partial charge is 0.481 e. The second-order valence-electron chi connectivity index (χ2n) is 14.5. The molecule has 48 heavy (non-hydrogen) atoms. The van der Waals surface area contributed by atoms with Crippen LogP contribution in [0.4, 0.5) is 0 Å². The number of unbranched alkanes of at least 4 members (excludes halogenated alkanes) is 26. The van der Waals surface area contributed by atoms with Crippen LogP contribution >= 0.6 is 0 Å². The Hall–Kier alpha value is -1.58. The summed E-state index contributed by atoms with van der Waals surface area (Å²) in [6.07, 6.45) is 50.6. The highest BCUT2D eigenvalue weighted by Gasteiger charge is 2.14. The molecule has 4 nitrogen and oxygen atoms in total. The van der Waals surface area contributed by atoms with Gasteiger partial charge < -0.3 is 9.84 Å². The van der Waals surface area contributed by atoms with E-state index in [1.807, 2.05) is 0 Å². The molecule has 0 aromatic heterocycles. The van der Waals surface area contributed by atoms with Crippen molar-refractivity contribution in [2.45, 2.75) is 245 Å². The Balaban J connectivity index is 3.88. The molecule has 0 aliphatic heterocycles. The molecule has 0 saturated heterocycles. The lowest BCUT2D eigenvalue weighted by Crippen LogP contribution is -2.18. The van der Waals surface area contributed by atoms with Gasteiger partial charge in [-0.3, -0.25) is 9.59 Å². The van der Waals surface area contributed by atoms with Crippen LogP contribution in [0.15, 0.2) is 24.3 Å². The van der Waals surface area contributed by atoms with Gasteiger partial charge in [0.05, 0.1) is 0 Å². The Bertz CT molecular complexity index is 727. The van der Waals surface area contributed by atoms with Gasteiger partial charge in [0.15, 0.2) is 0 Å². The average Bonchev–Trinajstić information content (AvgIpc) is 3.07. The average molecular weight is 675 g/mol. The summed E-state index contributed by atoms with van der Waals surface area (Å²) in [4.78, 5) is 23.4. The van der Waals surface area contributed by atoms with Crippen molar-refractivity contribution in [1.29, 1.82) is 0 Å². The SMILES string of the molecule is CCCCCCC/C=C\C/C=C\CCCCCCCCCCCC(=O)OC(CCCCCCCCCCC)CCCCCCCC(=O)O. The molecule has 0 bridgehead atoms. The third-order valence-electron chi connectivity index (χ3n) is 9.68. The van der Waals surface area contributed by atoms with Gasteiger partial charge in [-0.2, -0.15) is 0 Å². The van der Waals surface area contributed by atoms with Gasteiger partial charge in [0.2, 0.25) is 0 Å². The fourth-order valence-corrected chi connectivity index (χ4v) is 6.51. The van der Waals surface area contributed by atoms with Crippen molar-refractivity contribution in [2.24, 2.45) is 0 Å². The molecule has 0 spiro atoms. The Morgan fingerprint density at radius 1 is 0.458 bits per heavy atom. The second-order valence-corrected chi connectivity index (χ2v) is 14.5. The van der Waals surface area contributed by atoms with Gasteiger partial charge in [0.25, 0.3) is 0 Å². The second kappa shape index (κ2) is 39.9. The molecule has 1 atom stereocenters. The number of carbonyl (C=O) groups excluding carboxylic acids is 1. The van der Waals surface area contributed by atoms with Gasteiger partial charge in [-0.15, -0.1) is 0 Å². The zero-order valence-corrected chi connectivity index (χ0v) is 32.3. The van der Waals surface area contributed by atoms with Crippen LogP contribution < -0.4 is 0 Å². The zero-order chi connectivity index (χ0) is 35.0. The number of hydrogen-bond donors (Lipinski definition) is 1. The molecular formula is C44H82O4. The number of carboxylic acids is 1. The molecule has 1 N–H and O–H groups in total. The maximum atomic E-state index is 12.7. The Labute approximate surface area is 299 Å². The summed E-state index contributed by atoms with van der Waals surface area (Å²) in [6, 6.07) is 0. The first kappa shape index (κ1) is 46.4. The minimum atomic E-state index is -0.699. The lowest BCUT2D eigenvalue weighted by molar-refractivity contribution is -0.150. The predicted octanol–water partition coefficient (Wildman–Crippen LogP) is 14.8. The van der Waals surface area contributed by atoms with Crippen LogP contribution in [0.2, 0.25) is 0 Å². The maximum absolute atomic E-state index is 12.7. The normalized spacial score (nSPS) is 12.4. The molecule has 0 aromatic carbocycles. The molecule has 0 amide bonds. The van der Waals surface area contributed by atoms with Gasteiger partial charge in [0, 0.05) is 12.8 Å². The van der Waals surface area contributed by atoms with Crippen LogP contribution in [0.5, 0.6) is 0 Å². The van der Waals surface area contributed by atoms with Gasteiger partial charge in [-0.1, -0.05) is 179 Å². The van der Waals surface area contributed by atoms with E-state index in [0.29, 0.717) is 6.42 Å². The van der Waals surface area contributed by atoms with Crippen molar-refractivity contribution in [3.63, 3.8) is 0 Å². The summed E-state index contributed by atoms with van der Waals surface area (Å²) in [5.74, 6) is -0.699. The molecule has 0 saturated carbocycles. The predicted molar refractivity (Wildman–Crippen MR) is 209 cm³/mol. The monoisotopic (exact) mass is 675 g/mol. The third-order valence-corrected chi connectivity index (χ3v) is 9.68. The lowest BCUT2D eigenvalue weighted by Gasteiger charge is -2.18. The zero-order valence-electron chi connectivity index (χ0n) is 32.3. The van der Waals surface area contributed by atoms with Crippen molar-refractivity contribution >= 4 is 11.9 Å². The maximum Gasteiger partial charge on any atom is 0.306 e. The summed E-state index contributed by atoms with van der Waals surface area (Å²) < 4.78 is 6.00. The van der Waals surface area contributed by atoms with Gasteiger partial charge >= 0.3 is 11.9 Å². The van der Waals surface area contributed by atoms with Crippen LogP contribution in [0.25, 0.3) is 0 Å². The van der Waals surface area contributed by atoms with Crippen molar-refractivity contribution in [2.75, 3.05) is 0 Å². The highest BCUT2D eigenvalue weighted by Crippen LogP contribution is 2.19. The van der Waals surface area contributed by atoms with Crippen LogP contribution in [-0.4, -0.2) is 23.1 Å². The van der Waals surface area contributed by atoms with Crippen LogP contribution in [0, 0.1) is 0 Å². The molecule has 0 fully saturated rings. The smallest absolute Gasteiger partial charge is 0.306 e. The molecule has 0 aliphatic rings. The van der Waals surface area contributed by atoms with Gasteiger partial charge in [-0.05, 0) is 70.6 Å². The number of aliphatic carboxylic acids is 1. The Morgan fingerprint density at radius 2 is 0.812 bits per heavy atom. The fraction of sp³-hybridized carbons (Fsp3) is 0.864. The van der Waals surface area contributed by atoms with Crippen molar-refractivity contribution in [3.8, 4) is 0 Å². The molecule has 4 heteroatoms. The molecule has 0 rings (SSSR count). The number of ether oxygens (including phenoxy) is 1. The highest BCUT2D eigenvalue weighted by atomic mass is 16.5. The topological polar surface area (TPSA) is 63.6 Å². The number of hydrogen-bond acceptors (Lipinski definition) is 3. The number of rotatable bonds is 39. The summed E-state index contributed by atoms with van der Waals surface area (Å²) >= 11 is 0. The first-order valence-electron chi connectivity index (χ1n) is 21.3. The molecule has 0 aliphatic carbocycles. The third kappa shape index (κ3) is 38.9. The van der Waals surface area contributed by atoms with E-state index in [2.05, 4.69) is 38.2 Å². The van der Waals surface area contributed by atoms with E-state index in [1.165, 1.54) is 141 Å². The highest BCUT2D eigenvalue weighted by molar-refractivity contribution is 5.69. The van der Waals surface area contributed by atoms with E-state index in [1.54, 1.807) is 0 Å². The first-order valence-corrected chi connectivity index (χ1v) is 21.3. The van der Waals surface area contributed by atoms with Gasteiger partial charge in [0.1, 0.15) is 6.10 Å². The summed E-state index contributed by atoms with van der Waals surface area (Å²) in [7, 11) is 0. The molecule has 0 heterocycles. The van der Waals surface area contributed by atoms with E-state index < -0.39 is 5.97 Å². The number of carbonyl (C=O) groups is 2. The van der Waals surface area contributed by atoms with Crippen LogP contribution in [-0.2, 0) is 14.3 Å². The first-order chi connectivity index (χ1) is 23.6. The van der Waals surface area contributed by atoms with E-state index in [-0.39, 0.29) is 18.5 Å². The van der Waals surface area contributed by atoms with Gasteiger partial charge in [-0.25, -0.2) is 0 Å². The number of allylic oxidation sites excluding steroid dienone is 4. The Morgan fingerprint density at radius 3 is 1.23 bits per heavy atom. The van der Waals surface area contributed by atoms with Crippen molar-refractivity contribution in [1.82, 2.24) is 0 Å². The quantitative estimate of drug-likeness (QED) is 0.0400. The molecule has 0 radical (unpaired) electrons. The van der Waals surface area contributed by atoms with Crippen LogP contribution in [0.3, 0.4) is 0 Å². The molecule has 1 unspecified atom stereocenters. The minimum Gasteiger partial charge on any atom is -0.481 e. The molecular weight excluding hydrogens is 592 g/mol. The van der Waals surface area contributed by atoms with Crippen molar-refractivity contribution < 1.29 is 19.4 Å². The summed E-state index contributed by atoms with van der Waals surface area (Å²) in [5, 5.41) is 8.82. The number of carboxylic acid groups (broad SMARTS) is 1. The fourth-order valence-electron chi connectivity index (χ4n) is 6.51. The van der Waals surface area contributed by atoms with Crippen molar-refractivity contribution in [3.05, 3.63) is 24.3 Å². The van der Waals surface area contributed by atoms with E-state index >= 15 is 0 Å². The summed E-state index contributed by atoms with van der Waals surface area (Å²) in [6.45, 7) is 4.54. The Kier molecular flexibility index (Phi) is 38.5. The van der Waals surface area contributed by atoms with E-state index in [9.17, 15) is 9.59 Å². The number of esters is 1. The molecule has 0 aromatic rings. The van der Waals surface area contributed by atoms with E-state index in [4.69, 9.17) is 9.84 Å². The minimum absolute atomic E-state index is 0.000240. The standard InChI is InChI=1S/C44H82O4/c1-3-5-7-9-11-13-14-15-16-17-18-19-20-21-22-23-24-26-28-33-37-41-44(47)48-42(39-35-31-29-32-36-40-43(45)46)38-34-30-27-25-12-10-8-6-4-2/h14-15,17-18,42H,3-13,16,19-41H2,1-2H3,(H,45,46)/b15-14-,18-17-. The molecule has 282 valence electrons. The van der Waals surface area contributed by atoms with E-state index in [0.717, 1.165) is 70.6 Å². The summed E-state index contributed by atoms with van der Waals surface area (Å²) in [5.41, 5.74) is 0. The lowest BCUT2D eigenvalue weighted by atomic mass is 10.0. The van der Waals surface area contributed by atoms with Crippen LogP contribution in [0.1, 0.15) is 239 Å².